The van der Waals surface area contributed by atoms with Crippen molar-refractivity contribution in [2.24, 2.45) is 0 Å². The van der Waals surface area contributed by atoms with Gasteiger partial charge in [0.2, 0.25) is 17.2 Å². The third-order valence-electron chi connectivity index (χ3n) is 4.68. The molecule has 0 fully saturated rings. The summed E-state index contributed by atoms with van der Waals surface area (Å²) in [4.78, 5) is 10.4. The van der Waals surface area contributed by atoms with Gasteiger partial charge in [0.05, 0.1) is 27.5 Å². The fourth-order valence-electron chi connectivity index (χ4n) is 3.19. The van der Waals surface area contributed by atoms with Crippen LogP contribution in [0.25, 0.3) is 10.8 Å². The van der Waals surface area contributed by atoms with E-state index < -0.39 is 41.7 Å². The SMILES string of the molecule is O=S(=O)([O-])c1ccc(S(=O)(=O)[O-])c(Nc2nc(Cl)nc(Nc3ccc4c(O)cc(SOO[O-])cc4c3)n2)c1.[Na+].[Na+].[Na+]. The molecule has 1 heterocycles. The molecule has 0 saturated heterocycles. The van der Waals surface area contributed by atoms with E-state index in [4.69, 9.17) is 11.6 Å². The third kappa shape index (κ3) is 10.4. The van der Waals surface area contributed by atoms with Crippen LogP contribution in [0, 0.1) is 0 Å². The first-order valence-corrected chi connectivity index (χ1v) is 13.7. The number of phenolic OH excluding ortho intramolecular Hbond substituents is 1. The molecule has 0 bridgehead atoms. The summed E-state index contributed by atoms with van der Waals surface area (Å²) in [5.74, 6) is -0.666. The number of aromatic nitrogens is 3. The topological polar surface area (TPSA) is 239 Å². The summed E-state index contributed by atoms with van der Waals surface area (Å²) >= 11 is 6.52. The van der Waals surface area contributed by atoms with E-state index >= 15 is 0 Å². The molecule has 0 aliphatic heterocycles. The number of aromatic hydroxyl groups is 1. The second-order valence-corrected chi connectivity index (χ2v) is 11.0. The van der Waals surface area contributed by atoms with Crippen molar-refractivity contribution in [1.29, 1.82) is 0 Å². The second kappa shape index (κ2) is 16.1. The van der Waals surface area contributed by atoms with Gasteiger partial charge >= 0.3 is 88.7 Å². The number of nitrogens with one attached hydrogen (secondary N) is 2. The van der Waals surface area contributed by atoms with Crippen molar-refractivity contribution >= 4 is 77.9 Å². The molecular formula is C19H11ClN5Na3O10S3. The van der Waals surface area contributed by atoms with Crippen molar-refractivity contribution in [1.82, 2.24) is 15.0 Å². The van der Waals surface area contributed by atoms with Crippen LogP contribution in [0.2, 0.25) is 5.28 Å². The van der Waals surface area contributed by atoms with Gasteiger partial charge in [0, 0.05) is 16.0 Å². The molecule has 1 aromatic heterocycles. The number of hydrogen-bond acceptors (Lipinski definition) is 16. The third-order valence-corrected chi connectivity index (χ3v) is 7.13. The van der Waals surface area contributed by atoms with Crippen LogP contribution >= 0.6 is 23.6 Å². The van der Waals surface area contributed by atoms with Gasteiger partial charge in [-0.25, -0.2) is 16.8 Å². The first-order valence-electron chi connectivity index (χ1n) is 9.75. The summed E-state index contributed by atoms with van der Waals surface area (Å²) in [6, 6.07) is 9.61. The van der Waals surface area contributed by atoms with Gasteiger partial charge in [-0.3, -0.25) is 5.04 Å². The zero-order valence-electron chi connectivity index (χ0n) is 21.2. The molecule has 4 rings (SSSR count). The maximum atomic E-state index is 11.6. The fraction of sp³-hybridized carbons (Fsp3) is 0. The Morgan fingerprint density at radius 2 is 1.51 bits per heavy atom. The van der Waals surface area contributed by atoms with Crippen molar-refractivity contribution < 1.29 is 134 Å². The Kier molecular flexibility index (Phi) is 15.2. The number of hydrogen-bond donors (Lipinski definition) is 3. The molecule has 0 atom stereocenters. The number of benzene rings is 3. The van der Waals surface area contributed by atoms with E-state index in [1.165, 1.54) is 6.07 Å². The molecule has 0 radical (unpaired) electrons. The quantitative estimate of drug-likeness (QED) is 0.0493. The van der Waals surface area contributed by atoms with Gasteiger partial charge in [0.15, 0.2) is 0 Å². The molecule has 3 N–H and O–H groups in total. The van der Waals surface area contributed by atoms with Crippen molar-refractivity contribution in [2.45, 2.75) is 14.7 Å². The van der Waals surface area contributed by atoms with Crippen LogP contribution in [-0.4, -0.2) is 46.0 Å². The Hall–Kier alpha value is -0.330. The Bertz CT molecular complexity index is 1770. The van der Waals surface area contributed by atoms with Gasteiger partial charge in [-0.2, -0.15) is 19.3 Å². The van der Waals surface area contributed by atoms with Crippen LogP contribution in [0.4, 0.5) is 23.3 Å². The Morgan fingerprint density at radius 1 is 0.854 bits per heavy atom. The van der Waals surface area contributed by atoms with Crippen LogP contribution in [0.15, 0.2) is 63.2 Å². The first-order chi connectivity index (χ1) is 17.8. The number of nitrogens with zero attached hydrogens (tertiary/aromatic N) is 3. The summed E-state index contributed by atoms with van der Waals surface area (Å²) in [5.41, 5.74) is -0.198. The first kappa shape index (κ1) is 38.7. The summed E-state index contributed by atoms with van der Waals surface area (Å²) in [6.45, 7) is 0. The molecule has 0 aliphatic carbocycles. The van der Waals surface area contributed by atoms with Crippen LogP contribution in [0.3, 0.4) is 0 Å². The van der Waals surface area contributed by atoms with Crippen molar-refractivity contribution in [3.8, 4) is 5.75 Å². The molecule has 0 saturated carbocycles. The van der Waals surface area contributed by atoms with Gasteiger partial charge < -0.3 is 30.1 Å². The van der Waals surface area contributed by atoms with Crippen LogP contribution in [-0.2, 0) is 29.6 Å². The van der Waals surface area contributed by atoms with E-state index in [2.05, 4.69) is 35.0 Å². The summed E-state index contributed by atoms with van der Waals surface area (Å²) in [6.07, 6.45) is 0. The normalized spacial score (nSPS) is 11.1. The van der Waals surface area contributed by atoms with Crippen molar-refractivity contribution in [3.63, 3.8) is 0 Å². The fourth-order valence-corrected chi connectivity index (χ4v) is 4.91. The van der Waals surface area contributed by atoms with Crippen LogP contribution in [0.5, 0.6) is 5.75 Å². The molecule has 3 aromatic carbocycles. The molecule has 0 aliphatic rings. The number of anilines is 4. The summed E-state index contributed by atoms with van der Waals surface area (Å²) in [5, 5.41) is 29.3. The summed E-state index contributed by atoms with van der Waals surface area (Å²) < 4.78 is 73.3. The van der Waals surface area contributed by atoms with E-state index in [0.717, 1.165) is 0 Å². The monoisotopic (exact) mass is 669 g/mol. The number of fused-ring (bicyclic) bond motifs is 1. The molecule has 200 valence electrons. The van der Waals surface area contributed by atoms with Crippen molar-refractivity contribution in [3.05, 3.63) is 53.8 Å². The zero-order chi connectivity index (χ0) is 27.7. The average Bonchev–Trinajstić information content (AvgIpc) is 2.81. The van der Waals surface area contributed by atoms with E-state index in [1.807, 2.05) is 0 Å². The van der Waals surface area contributed by atoms with Crippen LogP contribution < -0.4 is 105 Å². The maximum Gasteiger partial charge on any atom is 1.00 e. The molecule has 4 aromatic rings. The molecule has 0 spiro atoms. The molecular weight excluding hydrogens is 659 g/mol. The Morgan fingerprint density at radius 3 is 2.12 bits per heavy atom. The second-order valence-electron chi connectivity index (χ2n) is 7.17. The molecule has 15 nitrogen and oxygen atoms in total. The molecule has 22 heteroatoms. The van der Waals surface area contributed by atoms with Gasteiger partial charge in [0.1, 0.15) is 26.0 Å². The van der Waals surface area contributed by atoms with E-state index in [-0.39, 0.29) is 106 Å². The minimum absolute atomic E-state index is 0. The smallest absolute Gasteiger partial charge is 0.744 e. The van der Waals surface area contributed by atoms with Crippen molar-refractivity contribution in [2.75, 3.05) is 10.6 Å². The number of halogens is 1. The zero-order valence-corrected chi connectivity index (χ0v) is 30.4. The summed E-state index contributed by atoms with van der Waals surface area (Å²) in [7, 11) is -10.1. The van der Waals surface area contributed by atoms with Gasteiger partial charge in [0.25, 0.3) is 0 Å². The Balaban J connectivity index is 0.00000280. The molecule has 0 amide bonds. The molecule has 41 heavy (non-hydrogen) atoms. The Labute approximate surface area is 308 Å². The van der Waals surface area contributed by atoms with Gasteiger partial charge in [-0.15, -0.1) is 0 Å². The standard InChI is InChI=1S/C19H14ClN5O10S3.3Na/c20-17-23-18(21-10-1-3-13-9(5-10)6-11(7-15(13)26)36-35-34-27)25-19(24-17)22-14-8-12(37(28,29)30)2-4-16(14)38(31,32)33;;;/h1-8,26-27H,(H,28,29,30)(H,31,32,33)(H2,21,22,23,24,25);;;/q;3*+1/p-3. The number of phenols is 1. The predicted molar refractivity (Wildman–Crippen MR) is 127 cm³/mol. The number of rotatable bonds is 9. The van der Waals surface area contributed by atoms with Gasteiger partial charge in [-0.05, 0) is 65.5 Å². The van der Waals surface area contributed by atoms with E-state index in [9.17, 15) is 36.3 Å². The molecule has 0 unspecified atom stereocenters. The van der Waals surface area contributed by atoms with E-state index in [0.29, 0.717) is 51.6 Å². The average molecular weight is 670 g/mol. The van der Waals surface area contributed by atoms with Gasteiger partial charge in [-0.1, -0.05) is 0 Å². The van der Waals surface area contributed by atoms with E-state index in [1.54, 1.807) is 24.3 Å². The predicted octanol–water partition coefficient (Wildman–Crippen LogP) is -7.08. The minimum atomic E-state index is -5.10. The largest absolute Gasteiger partial charge is 1.00 e. The maximum absolute atomic E-state index is 11.6. The minimum Gasteiger partial charge on any atom is -0.744 e. The van der Waals surface area contributed by atoms with Crippen LogP contribution in [0.1, 0.15) is 0 Å².